The molecule has 4 heterocycles. The van der Waals surface area contributed by atoms with Crippen molar-refractivity contribution in [3.05, 3.63) is 106 Å². The number of carbonyl (C=O) groups excluding carboxylic acids is 1. The second-order valence-corrected chi connectivity index (χ2v) is 14.0. The summed E-state index contributed by atoms with van der Waals surface area (Å²) in [5.74, 6) is 0. The van der Waals surface area contributed by atoms with Gasteiger partial charge in [0.05, 0.1) is 11.4 Å². The van der Waals surface area contributed by atoms with E-state index < -0.39 is 18.1 Å². The molecule has 0 saturated heterocycles. The summed E-state index contributed by atoms with van der Waals surface area (Å²) in [6.07, 6.45) is -3.26. The van der Waals surface area contributed by atoms with Crippen molar-refractivity contribution in [3.63, 3.8) is 0 Å². The molecule has 47 heavy (non-hydrogen) atoms. The lowest BCUT2D eigenvalue weighted by Crippen LogP contribution is -2.27. The van der Waals surface area contributed by atoms with E-state index >= 15 is 0 Å². The van der Waals surface area contributed by atoms with Crippen molar-refractivity contribution in [2.75, 3.05) is 0 Å². The van der Waals surface area contributed by atoms with Crippen LogP contribution in [0.1, 0.15) is 59.1 Å². The quantitative estimate of drug-likeness (QED) is 0.175. The standard InChI is InChI=1S/C19H17ClF2N2O2.C18H19ClN2/c1-19(2,3)26-18(25)24-14(10-13-7-8-15(20)23-17(13)24)11-5-4-6-12(9-11)16(21)22;1-12-7-5-6-8-14(12)15-11-13-9-10-16(19)20-17(13)21(15)18(2,3)4/h4-10,16H,1-3H3;5-11H,1-4H3. The fourth-order valence-corrected chi connectivity index (χ4v) is 5.67. The summed E-state index contributed by atoms with van der Waals surface area (Å²) in [6, 6.07) is 25.4. The van der Waals surface area contributed by atoms with E-state index in [9.17, 15) is 13.6 Å². The van der Waals surface area contributed by atoms with Gasteiger partial charge in [-0.25, -0.2) is 28.1 Å². The number of aromatic nitrogens is 4. The van der Waals surface area contributed by atoms with Gasteiger partial charge in [0.2, 0.25) is 0 Å². The Morgan fingerprint density at radius 2 is 1.36 bits per heavy atom. The molecule has 0 aliphatic carbocycles. The number of hydrogen-bond acceptors (Lipinski definition) is 4. The van der Waals surface area contributed by atoms with Gasteiger partial charge in [-0.2, -0.15) is 0 Å². The number of pyridine rings is 2. The van der Waals surface area contributed by atoms with Crippen LogP contribution in [0.4, 0.5) is 13.6 Å². The van der Waals surface area contributed by atoms with Crippen LogP contribution in [0.5, 0.6) is 0 Å². The molecular formula is C37H36Cl2F2N4O2. The van der Waals surface area contributed by atoms with Gasteiger partial charge in [-0.1, -0.05) is 65.7 Å². The van der Waals surface area contributed by atoms with E-state index in [-0.39, 0.29) is 16.3 Å². The van der Waals surface area contributed by atoms with Crippen LogP contribution in [0, 0.1) is 6.92 Å². The summed E-state index contributed by atoms with van der Waals surface area (Å²) in [5, 5.41) is 2.51. The van der Waals surface area contributed by atoms with Crippen LogP contribution in [0.25, 0.3) is 44.6 Å². The Labute approximate surface area is 282 Å². The van der Waals surface area contributed by atoms with Gasteiger partial charge in [0.25, 0.3) is 6.43 Å². The van der Waals surface area contributed by atoms with Crippen molar-refractivity contribution in [1.29, 1.82) is 0 Å². The Bertz CT molecular complexity index is 2090. The molecule has 10 heteroatoms. The number of nitrogens with zero attached hydrogens (tertiary/aromatic N) is 4. The first-order valence-electron chi connectivity index (χ1n) is 15.1. The van der Waals surface area contributed by atoms with Gasteiger partial charge in [-0.15, -0.1) is 0 Å². The molecule has 0 aliphatic rings. The topological polar surface area (TPSA) is 61.9 Å². The van der Waals surface area contributed by atoms with Gasteiger partial charge in [0.15, 0.2) is 5.65 Å². The number of ether oxygens (including phenoxy) is 1. The zero-order valence-corrected chi connectivity index (χ0v) is 28.8. The zero-order valence-electron chi connectivity index (χ0n) is 27.3. The fraction of sp³-hybridized carbons (Fsp3) is 0.270. The van der Waals surface area contributed by atoms with Gasteiger partial charge < -0.3 is 9.30 Å². The number of alkyl halides is 2. The molecule has 6 rings (SSSR count). The smallest absolute Gasteiger partial charge is 0.420 e. The molecule has 0 fully saturated rings. The highest BCUT2D eigenvalue weighted by Crippen LogP contribution is 2.35. The molecule has 0 atom stereocenters. The number of carbonyl (C=O) groups is 1. The number of aryl methyl sites for hydroxylation is 1. The van der Waals surface area contributed by atoms with E-state index in [1.54, 1.807) is 45.0 Å². The number of halogens is 4. The van der Waals surface area contributed by atoms with E-state index in [2.05, 4.69) is 72.6 Å². The Kier molecular flexibility index (Phi) is 9.49. The average molecular weight is 678 g/mol. The molecule has 0 spiro atoms. The third-order valence-electron chi connectivity index (χ3n) is 7.33. The van der Waals surface area contributed by atoms with Crippen molar-refractivity contribution in [2.45, 2.75) is 66.0 Å². The summed E-state index contributed by atoms with van der Waals surface area (Å²) in [4.78, 5) is 21.5. The summed E-state index contributed by atoms with van der Waals surface area (Å²) in [5.41, 5.74) is 4.87. The maximum Gasteiger partial charge on any atom is 0.420 e. The third kappa shape index (κ3) is 7.50. The van der Waals surface area contributed by atoms with Crippen molar-refractivity contribution < 1.29 is 18.3 Å². The Morgan fingerprint density at radius 3 is 1.96 bits per heavy atom. The summed E-state index contributed by atoms with van der Waals surface area (Å²) < 4.78 is 35.1. The van der Waals surface area contributed by atoms with Crippen LogP contribution in [0.15, 0.2) is 84.9 Å². The molecule has 0 N–H and O–H groups in total. The molecule has 0 saturated carbocycles. The number of hydrogen-bond donors (Lipinski definition) is 0. The van der Waals surface area contributed by atoms with Crippen molar-refractivity contribution in [2.24, 2.45) is 0 Å². The monoisotopic (exact) mass is 676 g/mol. The number of rotatable bonds is 3. The van der Waals surface area contributed by atoms with Crippen LogP contribution in [-0.4, -0.2) is 30.8 Å². The van der Waals surface area contributed by atoms with Crippen LogP contribution < -0.4 is 0 Å². The molecular weight excluding hydrogens is 641 g/mol. The summed E-state index contributed by atoms with van der Waals surface area (Å²) in [6.45, 7) is 13.9. The predicted octanol–water partition coefficient (Wildman–Crippen LogP) is 11.5. The lowest BCUT2D eigenvalue weighted by molar-refractivity contribution is 0.0546. The second kappa shape index (κ2) is 13.1. The molecule has 4 aromatic heterocycles. The molecule has 0 amide bonds. The average Bonchev–Trinajstić information content (AvgIpc) is 3.55. The van der Waals surface area contributed by atoms with Gasteiger partial charge in [0, 0.05) is 27.4 Å². The molecule has 6 nitrogen and oxygen atoms in total. The SMILES string of the molecule is CC(C)(C)OC(=O)n1c(-c2cccc(C(F)F)c2)cc2ccc(Cl)nc21.Cc1ccccc1-c1cc2ccc(Cl)nc2n1C(C)(C)C. The van der Waals surface area contributed by atoms with Gasteiger partial charge in [0.1, 0.15) is 21.6 Å². The van der Waals surface area contributed by atoms with Crippen LogP contribution in [0.2, 0.25) is 10.3 Å². The normalized spacial score (nSPS) is 12.0. The molecule has 6 aromatic rings. The van der Waals surface area contributed by atoms with Crippen LogP contribution in [0.3, 0.4) is 0 Å². The van der Waals surface area contributed by atoms with E-state index in [4.69, 9.17) is 27.9 Å². The minimum Gasteiger partial charge on any atom is -0.443 e. The lowest BCUT2D eigenvalue weighted by atomic mass is 10.0. The second-order valence-electron chi connectivity index (χ2n) is 13.2. The van der Waals surface area contributed by atoms with E-state index in [1.165, 1.54) is 39.6 Å². The molecule has 244 valence electrons. The van der Waals surface area contributed by atoms with Crippen molar-refractivity contribution in [3.8, 4) is 22.5 Å². The maximum atomic E-state index is 13.1. The fourth-order valence-electron chi connectivity index (χ4n) is 5.38. The molecule has 0 aliphatic heterocycles. The van der Waals surface area contributed by atoms with Gasteiger partial charge in [-0.3, -0.25) is 0 Å². The van der Waals surface area contributed by atoms with Crippen molar-refractivity contribution >= 4 is 51.4 Å². The lowest BCUT2D eigenvalue weighted by Gasteiger charge is -2.26. The number of fused-ring (bicyclic) bond motifs is 2. The summed E-state index contributed by atoms with van der Waals surface area (Å²) >= 11 is 12.1. The van der Waals surface area contributed by atoms with Gasteiger partial charge >= 0.3 is 6.09 Å². The van der Waals surface area contributed by atoms with E-state index in [0.717, 1.165) is 11.0 Å². The molecule has 2 aromatic carbocycles. The maximum absolute atomic E-state index is 13.1. The minimum absolute atomic E-state index is 0.0724. The highest BCUT2D eigenvalue weighted by molar-refractivity contribution is 6.30. The molecule has 0 radical (unpaired) electrons. The van der Waals surface area contributed by atoms with Crippen LogP contribution in [-0.2, 0) is 10.3 Å². The molecule has 0 bridgehead atoms. The Balaban J connectivity index is 0.000000189. The van der Waals surface area contributed by atoms with E-state index in [0.29, 0.717) is 27.4 Å². The first-order chi connectivity index (χ1) is 22.0. The first-order valence-corrected chi connectivity index (χ1v) is 15.8. The largest absolute Gasteiger partial charge is 0.443 e. The summed E-state index contributed by atoms with van der Waals surface area (Å²) in [7, 11) is 0. The number of benzene rings is 2. The van der Waals surface area contributed by atoms with Crippen LogP contribution >= 0.6 is 23.2 Å². The van der Waals surface area contributed by atoms with Gasteiger partial charge in [-0.05, 0) is 102 Å². The highest BCUT2D eigenvalue weighted by Gasteiger charge is 2.25. The Morgan fingerprint density at radius 1 is 0.766 bits per heavy atom. The third-order valence-corrected chi connectivity index (χ3v) is 7.76. The van der Waals surface area contributed by atoms with E-state index in [1.807, 2.05) is 12.1 Å². The predicted molar refractivity (Wildman–Crippen MR) is 187 cm³/mol. The van der Waals surface area contributed by atoms with Crippen molar-refractivity contribution in [1.82, 2.24) is 19.1 Å². The highest BCUT2D eigenvalue weighted by atomic mass is 35.5. The minimum atomic E-state index is -2.61. The Hall–Kier alpha value is -4.27. The molecule has 0 unspecified atom stereocenters. The first kappa shape index (κ1) is 34.1. The zero-order chi connectivity index (χ0) is 34.3.